The highest BCUT2D eigenvalue weighted by molar-refractivity contribution is 7.89. The van der Waals surface area contributed by atoms with E-state index in [-0.39, 0.29) is 28.3 Å². The average molecular weight is 419 g/mol. The number of carbonyl (C=O) groups excluding carboxylic acids is 3. The van der Waals surface area contributed by atoms with Gasteiger partial charge in [-0.15, -0.1) is 0 Å². The summed E-state index contributed by atoms with van der Waals surface area (Å²) in [5.74, 6) is -1.42. The first-order valence-electron chi connectivity index (χ1n) is 8.46. The van der Waals surface area contributed by atoms with Crippen molar-refractivity contribution in [2.24, 2.45) is 5.73 Å². The van der Waals surface area contributed by atoms with Crippen molar-refractivity contribution in [1.29, 1.82) is 0 Å². The topological polar surface area (TPSA) is 124 Å². The van der Waals surface area contributed by atoms with Crippen LogP contribution in [0.15, 0.2) is 23.1 Å². The van der Waals surface area contributed by atoms with E-state index in [0.29, 0.717) is 25.9 Å². The molecular formula is C17H23ClN2O6S. The molecule has 0 atom stereocenters. The van der Waals surface area contributed by atoms with E-state index in [1.165, 1.54) is 22.5 Å². The molecule has 1 amide bonds. The highest BCUT2D eigenvalue weighted by Gasteiger charge is 2.26. The quantitative estimate of drug-likeness (QED) is 0.354. The van der Waals surface area contributed by atoms with E-state index in [1.807, 2.05) is 13.8 Å². The summed E-state index contributed by atoms with van der Waals surface area (Å²) in [7, 11) is -3.86. The lowest BCUT2D eigenvalue weighted by molar-refractivity contribution is -0.137. The number of esters is 1. The Labute approximate surface area is 163 Å². The van der Waals surface area contributed by atoms with Gasteiger partial charge in [0, 0.05) is 25.1 Å². The fourth-order valence-corrected chi connectivity index (χ4v) is 4.51. The molecule has 0 unspecified atom stereocenters. The molecule has 0 fully saturated rings. The largest absolute Gasteiger partial charge is 0.412 e. The lowest BCUT2D eigenvalue weighted by Crippen LogP contribution is -2.32. The Balaban J connectivity index is 3.06. The lowest BCUT2D eigenvalue weighted by atomic mass is 10.1. The Morgan fingerprint density at radius 2 is 1.70 bits per heavy atom. The predicted molar refractivity (Wildman–Crippen MR) is 100 cm³/mol. The standard InChI is InChI=1S/C17H23ClN2O6S/c1-3-9-20(10-4-2)27(24,25)15-11-12(5-6-13(15)18)14(21)7-8-16(22)26-17(19)23/h5-6,11H,3-4,7-10H2,1-2H3,(H2,19,23). The van der Waals surface area contributed by atoms with Crippen molar-refractivity contribution in [2.75, 3.05) is 13.1 Å². The Kier molecular flexibility index (Phi) is 8.87. The second kappa shape index (κ2) is 10.4. The Morgan fingerprint density at radius 3 is 2.22 bits per heavy atom. The van der Waals surface area contributed by atoms with Crippen LogP contribution in [0.4, 0.5) is 4.79 Å². The number of sulfonamides is 1. The highest BCUT2D eigenvalue weighted by Crippen LogP contribution is 2.27. The van der Waals surface area contributed by atoms with Gasteiger partial charge in [0.2, 0.25) is 10.0 Å². The zero-order valence-electron chi connectivity index (χ0n) is 15.2. The molecule has 1 rings (SSSR count). The molecule has 0 aliphatic heterocycles. The summed E-state index contributed by atoms with van der Waals surface area (Å²) in [5, 5.41) is 0.0110. The van der Waals surface area contributed by atoms with Crippen LogP contribution in [0.3, 0.4) is 0 Å². The molecule has 0 radical (unpaired) electrons. The number of Topliss-reactive ketones (excluding diaryl/α,β-unsaturated/α-hetero) is 1. The number of hydrogen-bond donors (Lipinski definition) is 1. The summed E-state index contributed by atoms with van der Waals surface area (Å²) in [4.78, 5) is 33.9. The van der Waals surface area contributed by atoms with Gasteiger partial charge in [0.1, 0.15) is 4.90 Å². The lowest BCUT2D eigenvalue weighted by Gasteiger charge is -2.22. The first kappa shape index (κ1) is 23.1. The van der Waals surface area contributed by atoms with Crippen molar-refractivity contribution in [1.82, 2.24) is 4.31 Å². The van der Waals surface area contributed by atoms with E-state index >= 15 is 0 Å². The summed E-state index contributed by atoms with van der Waals surface area (Å²) in [6, 6.07) is 3.92. The van der Waals surface area contributed by atoms with E-state index in [2.05, 4.69) is 4.74 Å². The molecular weight excluding hydrogens is 396 g/mol. The third-order valence-corrected chi connectivity index (χ3v) is 5.97. The Hall–Kier alpha value is -1.97. The highest BCUT2D eigenvalue weighted by atomic mass is 35.5. The molecule has 8 nitrogen and oxygen atoms in total. The Morgan fingerprint density at radius 1 is 1.11 bits per heavy atom. The molecule has 27 heavy (non-hydrogen) atoms. The van der Waals surface area contributed by atoms with E-state index in [4.69, 9.17) is 17.3 Å². The van der Waals surface area contributed by atoms with Gasteiger partial charge in [-0.2, -0.15) is 4.31 Å². The third-order valence-electron chi connectivity index (χ3n) is 3.59. The molecule has 1 aromatic carbocycles. The van der Waals surface area contributed by atoms with Gasteiger partial charge in [-0.3, -0.25) is 9.59 Å². The van der Waals surface area contributed by atoms with Gasteiger partial charge >= 0.3 is 12.1 Å². The van der Waals surface area contributed by atoms with E-state index < -0.39 is 27.9 Å². The van der Waals surface area contributed by atoms with Gasteiger partial charge in [-0.25, -0.2) is 13.2 Å². The van der Waals surface area contributed by atoms with Gasteiger partial charge in [0.05, 0.1) is 11.4 Å². The maximum Gasteiger partial charge on any atom is 0.412 e. The van der Waals surface area contributed by atoms with E-state index in [9.17, 15) is 22.8 Å². The summed E-state index contributed by atoms with van der Waals surface area (Å²) in [6.45, 7) is 4.41. The van der Waals surface area contributed by atoms with E-state index in [1.54, 1.807) is 0 Å². The third kappa shape index (κ3) is 6.60. The van der Waals surface area contributed by atoms with Gasteiger partial charge in [0.25, 0.3) is 0 Å². The van der Waals surface area contributed by atoms with Crippen LogP contribution in [0, 0.1) is 0 Å². The summed E-state index contributed by atoms with van der Waals surface area (Å²) < 4.78 is 31.3. The molecule has 1 aromatic rings. The predicted octanol–water partition coefficient (Wildman–Crippen LogP) is 2.74. The number of benzene rings is 1. The molecule has 150 valence electrons. The van der Waals surface area contributed by atoms with Gasteiger partial charge in [-0.1, -0.05) is 25.4 Å². The molecule has 0 heterocycles. The molecule has 0 aliphatic rings. The SMILES string of the molecule is CCCN(CCC)S(=O)(=O)c1cc(C(=O)CCC(=O)OC(N)=O)ccc1Cl. The van der Waals surface area contributed by atoms with Crippen LogP contribution >= 0.6 is 11.6 Å². The number of amides is 1. The minimum atomic E-state index is -3.86. The number of rotatable bonds is 10. The van der Waals surface area contributed by atoms with Crippen LogP contribution in [-0.2, 0) is 19.6 Å². The van der Waals surface area contributed by atoms with Crippen molar-refractivity contribution < 1.29 is 27.5 Å². The molecule has 0 aromatic heterocycles. The number of nitrogens with two attached hydrogens (primary N) is 1. The number of ketones is 1. The number of nitrogens with zero attached hydrogens (tertiary/aromatic N) is 1. The number of carbonyl (C=O) groups is 3. The summed E-state index contributed by atoms with van der Waals surface area (Å²) in [5.41, 5.74) is 4.82. The van der Waals surface area contributed by atoms with Crippen LogP contribution in [0.25, 0.3) is 0 Å². The summed E-state index contributed by atoms with van der Waals surface area (Å²) >= 11 is 6.07. The van der Waals surface area contributed by atoms with Gasteiger partial charge in [0.15, 0.2) is 5.78 Å². The van der Waals surface area contributed by atoms with Crippen molar-refractivity contribution in [3.63, 3.8) is 0 Å². The second-order valence-electron chi connectivity index (χ2n) is 5.77. The monoisotopic (exact) mass is 418 g/mol. The maximum absolute atomic E-state index is 12.9. The molecule has 2 N–H and O–H groups in total. The first-order chi connectivity index (χ1) is 12.6. The first-order valence-corrected chi connectivity index (χ1v) is 10.3. The molecule has 0 aliphatic carbocycles. The number of hydrogen-bond acceptors (Lipinski definition) is 6. The summed E-state index contributed by atoms with van der Waals surface area (Å²) in [6.07, 6.45) is -0.598. The van der Waals surface area contributed by atoms with Crippen LogP contribution in [0.5, 0.6) is 0 Å². The van der Waals surface area contributed by atoms with Crippen molar-refractivity contribution in [3.05, 3.63) is 28.8 Å². The normalized spacial score (nSPS) is 11.4. The Bertz CT molecular complexity index is 804. The zero-order valence-corrected chi connectivity index (χ0v) is 16.8. The van der Waals surface area contributed by atoms with Gasteiger partial charge < -0.3 is 10.5 Å². The number of ether oxygens (including phenoxy) is 1. The molecule has 0 bridgehead atoms. The molecule has 0 saturated heterocycles. The van der Waals surface area contributed by atoms with Crippen LogP contribution < -0.4 is 5.73 Å². The average Bonchev–Trinajstić information content (AvgIpc) is 2.59. The molecule has 0 spiro atoms. The van der Waals surface area contributed by atoms with E-state index in [0.717, 1.165) is 0 Å². The fourth-order valence-electron chi connectivity index (χ4n) is 2.39. The van der Waals surface area contributed by atoms with Gasteiger partial charge in [-0.05, 0) is 31.0 Å². The van der Waals surface area contributed by atoms with Crippen molar-refractivity contribution >= 4 is 39.5 Å². The second-order valence-corrected chi connectivity index (χ2v) is 8.08. The molecule has 10 heteroatoms. The minimum absolute atomic E-state index is 0.0110. The van der Waals surface area contributed by atoms with Crippen LogP contribution in [-0.4, -0.2) is 43.7 Å². The maximum atomic E-state index is 12.9. The fraction of sp³-hybridized carbons (Fsp3) is 0.471. The zero-order chi connectivity index (χ0) is 20.6. The van der Waals surface area contributed by atoms with Crippen LogP contribution in [0.2, 0.25) is 5.02 Å². The smallest absolute Gasteiger partial charge is 0.376 e. The van der Waals surface area contributed by atoms with Crippen molar-refractivity contribution in [3.8, 4) is 0 Å². The minimum Gasteiger partial charge on any atom is -0.376 e. The number of primary amides is 1. The number of halogens is 1. The molecule has 0 saturated carbocycles. The van der Waals surface area contributed by atoms with Crippen molar-refractivity contribution in [2.45, 2.75) is 44.4 Å². The van der Waals surface area contributed by atoms with Crippen LogP contribution in [0.1, 0.15) is 49.9 Å².